The van der Waals surface area contributed by atoms with Crippen molar-refractivity contribution in [3.63, 3.8) is 0 Å². The van der Waals surface area contributed by atoms with Gasteiger partial charge in [-0.2, -0.15) is 0 Å². The lowest BCUT2D eigenvalue weighted by atomic mass is 9.99. The summed E-state index contributed by atoms with van der Waals surface area (Å²) in [6, 6.07) is 11.4. The molecule has 4 heteroatoms. The lowest BCUT2D eigenvalue weighted by molar-refractivity contribution is 0.466. The minimum absolute atomic E-state index is 0.291. The topological polar surface area (TPSA) is 42.2 Å². The third-order valence-electron chi connectivity index (χ3n) is 3.85. The number of nitrogens with zero attached hydrogens (tertiary/aromatic N) is 3. The molecular weight excluding hydrogens is 250 g/mol. The third-order valence-corrected chi connectivity index (χ3v) is 3.85. The second-order valence-corrected chi connectivity index (χ2v) is 5.87. The van der Waals surface area contributed by atoms with Crippen molar-refractivity contribution >= 4 is 6.01 Å². The van der Waals surface area contributed by atoms with Crippen LogP contribution in [-0.4, -0.2) is 23.3 Å². The molecule has 1 aromatic carbocycles. The molecule has 0 N–H and O–H groups in total. The summed E-state index contributed by atoms with van der Waals surface area (Å²) in [5, 5.41) is 8.28. The third kappa shape index (κ3) is 2.84. The Kier molecular flexibility index (Phi) is 3.72. The molecule has 106 valence electrons. The van der Waals surface area contributed by atoms with Crippen molar-refractivity contribution in [1.29, 1.82) is 0 Å². The van der Waals surface area contributed by atoms with Crippen LogP contribution in [0.2, 0.25) is 0 Å². The zero-order valence-electron chi connectivity index (χ0n) is 12.1. The number of benzene rings is 1. The van der Waals surface area contributed by atoms with Gasteiger partial charge in [0.05, 0.1) is 0 Å². The molecule has 0 aliphatic carbocycles. The number of anilines is 1. The van der Waals surface area contributed by atoms with Gasteiger partial charge in [-0.05, 0) is 24.3 Å². The summed E-state index contributed by atoms with van der Waals surface area (Å²) in [4.78, 5) is 2.21. The molecule has 0 bridgehead atoms. The summed E-state index contributed by atoms with van der Waals surface area (Å²) >= 11 is 0. The molecule has 1 atom stereocenters. The van der Waals surface area contributed by atoms with Crippen LogP contribution >= 0.6 is 0 Å². The monoisotopic (exact) mass is 271 g/mol. The summed E-state index contributed by atoms with van der Waals surface area (Å²) in [6.45, 7) is 6.16. The Morgan fingerprint density at radius 1 is 1.25 bits per heavy atom. The number of rotatable bonds is 4. The fourth-order valence-corrected chi connectivity index (χ4v) is 2.71. The van der Waals surface area contributed by atoms with Gasteiger partial charge in [0.15, 0.2) is 0 Å². The van der Waals surface area contributed by atoms with Crippen molar-refractivity contribution in [2.75, 3.05) is 18.0 Å². The minimum atomic E-state index is 0.291. The predicted octanol–water partition coefficient (Wildman–Crippen LogP) is 3.26. The number of hydrogen-bond acceptors (Lipinski definition) is 4. The minimum Gasteiger partial charge on any atom is -0.408 e. The molecule has 1 aliphatic heterocycles. The van der Waals surface area contributed by atoms with E-state index in [2.05, 4.69) is 59.3 Å². The second-order valence-electron chi connectivity index (χ2n) is 5.87. The summed E-state index contributed by atoms with van der Waals surface area (Å²) in [5.41, 5.74) is 1.41. The van der Waals surface area contributed by atoms with Gasteiger partial charge < -0.3 is 9.32 Å². The Morgan fingerprint density at radius 2 is 2.05 bits per heavy atom. The van der Waals surface area contributed by atoms with Gasteiger partial charge in [-0.3, -0.25) is 0 Å². The summed E-state index contributed by atoms with van der Waals surface area (Å²) in [7, 11) is 0. The standard InChI is InChI=1S/C16H21N3O/c1-12(2)15-17-18-16(20-15)19-9-8-14(11-19)10-13-6-4-3-5-7-13/h3-7,12,14H,8-11H2,1-2H3. The lowest BCUT2D eigenvalue weighted by Gasteiger charge is -2.13. The van der Waals surface area contributed by atoms with Crippen LogP contribution in [0.25, 0.3) is 0 Å². The Morgan fingerprint density at radius 3 is 2.75 bits per heavy atom. The van der Waals surface area contributed by atoms with Crippen molar-refractivity contribution in [2.24, 2.45) is 5.92 Å². The summed E-state index contributed by atoms with van der Waals surface area (Å²) in [6.07, 6.45) is 2.32. The van der Waals surface area contributed by atoms with Crippen molar-refractivity contribution in [1.82, 2.24) is 10.2 Å². The molecule has 1 aromatic heterocycles. The van der Waals surface area contributed by atoms with Crippen molar-refractivity contribution < 1.29 is 4.42 Å². The fourth-order valence-electron chi connectivity index (χ4n) is 2.71. The Bertz CT molecular complexity index is 550. The van der Waals surface area contributed by atoms with E-state index in [4.69, 9.17) is 4.42 Å². The Hall–Kier alpha value is -1.84. The zero-order chi connectivity index (χ0) is 13.9. The summed E-state index contributed by atoms with van der Waals surface area (Å²) in [5.74, 6) is 1.69. The van der Waals surface area contributed by atoms with Gasteiger partial charge in [-0.25, -0.2) is 0 Å². The maximum absolute atomic E-state index is 5.73. The van der Waals surface area contributed by atoms with Crippen LogP contribution < -0.4 is 4.90 Å². The molecule has 2 aromatic rings. The smallest absolute Gasteiger partial charge is 0.318 e. The van der Waals surface area contributed by atoms with Crippen LogP contribution in [0.1, 0.15) is 37.6 Å². The molecule has 0 amide bonds. The molecule has 2 heterocycles. The molecule has 0 radical (unpaired) electrons. The highest BCUT2D eigenvalue weighted by atomic mass is 16.4. The van der Waals surface area contributed by atoms with E-state index in [1.54, 1.807) is 0 Å². The highest BCUT2D eigenvalue weighted by molar-refractivity contribution is 5.27. The van der Waals surface area contributed by atoms with Crippen LogP contribution in [0.4, 0.5) is 6.01 Å². The Balaban J connectivity index is 1.61. The van der Waals surface area contributed by atoms with Crippen LogP contribution in [0.15, 0.2) is 34.7 Å². The lowest BCUT2D eigenvalue weighted by Crippen LogP contribution is -2.20. The molecule has 4 nitrogen and oxygen atoms in total. The van der Waals surface area contributed by atoms with Gasteiger partial charge in [0.2, 0.25) is 5.89 Å². The van der Waals surface area contributed by atoms with Crippen molar-refractivity contribution in [3.8, 4) is 0 Å². The highest BCUT2D eigenvalue weighted by Crippen LogP contribution is 2.26. The first-order valence-electron chi connectivity index (χ1n) is 7.34. The van der Waals surface area contributed by atoms with Crippen LogP contribution in [-0.2, 0) is 6.42 Å². The second kappa shape index (κ2) is 5.65. The SMILES string of the molecule is CC(C)c1nnc(N2CCC(Cc3ccccc3)C2)o1. The van der Waals surface area contributed by atoms with Gasteiger partial charge in [-0.15, -0.1) is 5.10 Å². The highest BCUT2D eigenvalue weighted by Gasteiger charge is 2.26. The van der Waals surface area contributed by atoms with Crippen LogP contribution in [0, 0.1) is 5.92 Å². The van der Waals surface area contributed by atoms with Gasteiger partial charge in [-0.1, -0.05) is 49.3 Å². The Labute approximate surface area is 119 Å². The molecule has 1 saturated heterocycles. The molecule has 1 aliphatic rings. The predicted molar refractivity (Wildman–Crippen MR) is 78.9 cm³/mol. The number of aromatic nitrogens is 2. The quantitative estimate of drug-likeness (QED) is 0.856. The van der Waals surface area contributed by atoms with E-state index < -0.39 is 0 Å². The molecule has 3 rings (SSSR count). The maximum atomic E-state index is 5.73. The number of hydrogen-bond donors (Lipinski definition) is 0. The first-order valence-corrected chi connectivity index (χ1v) is 7.34. The normalized spacial score (nSPS) is 18.9. The van der Waals surface area contributed by atoms with Gasteiger partial charge in [0, 0.05) is 19.0 Å². The van der Waals surface area contributed by atoms with Gasteiger partial charge >= 0.3 is 6.01 Å². The van der Waals surface area contributed by atoms with E-state index in [-0.39, 0.29) is 0 Å². The van der Waals surface area contributed by atoms with E-state index in [0.29, 0.717) is 17.9 Å². The molecule has 20 heavy (non-hydrogen) atoms. The van der Waals surface area contributed by atoms with Gasteiger partial charge in [0.1, 0.15) is 0 Å². The molecular formula is C16H21N3O. The first kappa shape index (κ1) is 13.2. The fraction of sp³-hybridized carbons (Fsp3) is 0.500. The maximum Gasteiger partial charge on any atom is 0.318 e. The molecule has 1 unspecified atom stereocenters. The van der Waals surface area contributed by atoms with E-state index >= 15 is 0 Å². The van der Waals surface area contributed by atoms with Crippen molar-refractivity contribution in [3.05, 3.63) is 41.8 Å². The first-order chi connectivity index (χ1) is 9.72. The van der Waals surface area contributed by atoms with E-state index in [1.165, 1.54) is 12.0 Å². The van der Waals surface area contributed by atoms with E-state index in [1.807, 2.05) is 0 Å². The average molecular weight is 271 g/mol. The molecule has 0 spiro atoms. The summed E-state index contributed by atoms with van der Waals surface area (Å²) < 4.78 is 5.73. The zero-order valence-corrected chi connectivity index (χ0v) is 12.1. The van der Waals surface area contributed by atoms with Crippen LogP contribution in [0.3, 0.4) is 0 Å². The largest absolute Gasteiger partial charge is 0.408 e. The van der Waals surface area contributed by atoms with E-state index in [9.17, 15) is 0 Å². The van der Waals surface area contributed by atoms with Crippen LogP contribution in [0.5, 0.6) is 0 Å². The van der Waals surface area contributed by atoms with Crippen molar-refractivity contribution in [2.45, 2.75) is 32.6 Å². The molecule has 0 saturated carbocycles. The van der Waals surface area contributed by atoms with E-state index in [0.717, 1.165) is 25.4 Å². The average Bonchev–Trinajstić information content (AvgIpc) is 3.08. The molecule has 1 fully saturated rings. The van der Waals surface area contributed by atoms with Gasteiger partial charge in [0.25, 0.3) is 0 Å².